The van der Waals surface area contributed by atoms with Gasteiger partial charge in [-0.3, -0.25) is 0 Å². The lowest BCUT2D eigenvalue weighted by Crippen LogP contribution is -2.29. The minimum absolute atomic E-state index is 0.239. The summed E-state index contributed by atoms with van der Waals surface area (Å²) in [7, 11) is 0. The van der Waals surface area contributed by atoms with Gasteiger partial charge in [0.05, 0.1) is 12.2 Å². The molecule has 6 heteroatoms. The monoisotopic (exact) mass is 307 g/mol. The molecule has 1 aromatic heterocycles. The normalized spacial score (nSPS) is 13.0. The highest BCUT2D eigenvalue weighted by molar-refractivity contribution is 6.01. The molecule has 0 spiro atoms. The van der Waals surface area contributed by atoms with E-state index in [0.717, 1.165) is 47.5 Å². The highest BCUT2D eigenvalue weighted by Gasteiger charge is 2.17. The van der Waals surface area contributed by atoms with Crippen LogP contribution in [0, 0.1) is 0 Å². The summed E-state index contributed by atoms with van der Waals surface area (Å²) in [5.74, 6) is 1.82. The Hall–Kier alpha value is -2.89. The van der Waals surface area contributed by atoms with Crippen molar-refractivity contribution in [3.05, 3.63) is 54.1 Å². The molecule has 1 aliphatic rings. The molecule has 1 aliphatic heterocycles. The number of nitrogens with one attached hydrogen (secondary N) is 2. The molecule has 0 radical (unpaired) electrons. The summed E-state index contributed by atoms with van der Waals surface area (Å²) in [4.78, 5) is 12.2. The second-order valence-corrected chi connectivity index (χ2v) is 5.62. The van der Waals surface area contributed by atoms with Gasteiger partial charge >= 0.3 is 6.03 Å². The lowest BCUT2D eigenvalue weighted by molar-refractivity contribution is 0.251. The van der Waals surface area contributed by atoms with E-state index in [2.05, 4.69) is 25.4 Å². The molecule has 0 saturated carbocycles. The first-order chi connectivity index (χ1) is 11.3. The zero-order valence-corrected chi connectivity index (χ0v) is 12.6. The fourth-order valence-corrected chi connectivity index (χ4v) is 3.00. The van der Waals surface area contributed by atoms with Gasteiger partial charge in [-0.25, -0.2) is 4.79 Å². The molecule has 0 saturated heterocycles. The molecule has 23 heavy (non-hydrogen) atoms. The second-order valence-electron chi connectivity index (χ2n) is 5.62. The van der Waals surface area contributed by atoms with Crippen molar-refractivity contribution in [1.29, 1.82) is 0 Å². The Bertz CT molecular complexity index is 865. The molecule has 0 unspecified atom stereocenters. The number of nitrogens with zero attached hydrogens (tertiary/aromatic N) is 3. The average molecular weight is 307 g/mol. The largest absolute Gasteiger partial charge is 0.331 e. The van der Waals surface area contributed by atoms with Gasteiger partial charge in [0.15, 0.2) is 5.82 Å². The van der Waals surface area contributed by atoms with E-state index in [1.165, 1.54) is 0 Å². The average Bonchev–Trinajstić information content (AvgIpc) is 3.17. The van der Waals surface area contributed by atoms with Gasteiger partial charge in [0.25, 0.3) is 0 Å². The second kappa shape index (κ2) is 5.72. The highest BCUT2D eigenvalue weighted by atomic mass is 16.2. The van der Waals surface area contributed by atoms with Crippen molar-refractivity contribution in [2.24, 2.45) is 0 Å². The number of rotatable bonds is 3. The van der Waals surface area contributed by atoms with Crippen molar-refractivity contribution in [3.8, 4) is 0 Å². The van der Waals surface area contributed by atoms with Crippen LogP contribution in [0.1, 0.15) is 18.1 Å². The number of hydrogen-bond donors (Lipinski definition) is 2. The van der Waals surface area contributed by atoms with E-state index >= 15 is 0 Å². The van der Waals surface area contributed by atoms with Gasteiger partial charge in [0, 0.05) is 18.4 Å². The highest BCUT2D eigenvalue weighted by Crippen LogP contribution is 2.22. The van der Waals surface area contributed by atoms with Crippen LogP contribution in [0.4, 0.5) is 10.5 Å². The Labute approximate surface area is 133 Å². The number of urea groups is 1. The van der Waals surface area contributed by atoms with E-state index in [0.29, 0.717) is 6.54 Å². The molecule has 0 aliphatic carbocycles. The number of hydrogen-bond acceptors (Lipinski definition) is 3. The fraction of sp³-hybridized carbons (Fsp3) is 0.235. The zero-order valence-electron chi connectivity index (χ0n) is 12.6. The number of benzene rings is 2. The van der Waals surface area contributed by atoms with Crippen LogP contribution < -0.4 is 10.6 Å². The van der Waals surface area contributed by atoms with Crippen molar-refractivity contribution < 1.29 is 4.79 Å². The third kappa shape index (κ3) is 2.63. The maximum Gasteiger partial charge on any atom is 0.319 e. The van der Waals surface area contributed by atoms with Crippen LogP contribution in [0.5, 0.6) is 0 Å². The Morgan fingerprint density at radius 3 is 2.96 bits per heavy atom. The summed E-state index contributed by atoms with van der Waals surface area (Å²) in [6.45, 7) is 1.31. The van der Waals surface area contributed by atoms with Crippen LogP contribution in [0.3, 0.4) is 0 Å². The first-order valence-electron chi connectivity index (χ1n) is 7.75. The van der Waals surface area contributed by atoms with Crippen LogP contribution in [0.15, 0.2) is 42.5 Å². The Morgan fingerprint density at radius 1 is 1.13 bits per heavy atom. The molecule has 0 atom stereocenters. The molecule has 116 valence electrons. The van der Waals surface area contributed by atoms with Crippen molar-refractivity contribution in [1.82, 2.24) is 20.1 Å². The topological polar surface area (TPSA) is 71.8 Å². The number of carbonyl (C=O) groups is 1. The van der Waals surface area contributed by atoms with Gasteiger partial charge in [-0.1, -0.05) is 36.4 Å². The van der Waals surface area contributed by atoms with Gasteiger partial charge in [-0.05, 0) is 17.9 Å². The number of carbonyl (C=O) groups excluding carboxylic acids is 1. The number of anilines is 1. The molecule has 2 N–H and O–H groups in total. The smallest absolute Gasteiger partial charge is 0.319 e. The number of aromatic nitrogens is 3. The molecule has 4 rings (SSSR count). The van der Waals surface area contributed by atoms with Gasteiger partial charge in [0.2, 0.25) is 0 Å². The van der Waals surface area contributed by atoms with Crippen molar-refractivity contribution in [2.45, 2.75) is 25.9 Å². The maximum atomic E-state index is 12.2. The van der Waals surface area contributed by atoms with E-state index in [1.54, 1.807) is 0 Å². The lowest BCUT2D eigenvalue weighted by atomic mass is 10.1. The quantitative estimate of drug-likeness (QED) is 0.781. The van der Waals surface area contributed by atoms with Gasteiger partial charge in [-0.2, -0.15) is 0 Å². The van der Waals surface area contributed by atoms with Gasteiger partial charge in [-0.15, -0.1) is 10.2 Å². The first kappa shape index (κ1) is 13.8. The van der Waals surface area contributed by atoms with Crippen LogP contribution in [0.2, 0.25) is 0 Å². The summed E-state index contributed by atoms with van der Waals surface area (Å²) >= 11 is 0. The van der Waals surface area contributed by atoms with Crippen LogP contribution in [-0.4, -0.2) is 20.8 Å². The SMILES string of the molecule is O=C(NCc1nnc2n1CCC2)Nc1cccc2ccccc12. The molecule has 3 aromatic rings. The van der Waals surface area contributed by atoms with E-state index in [1.807, 2.05) is 42.5 Å². The fourth-order valence-electron chi connectivity index (χ4n) is 3.00. The molecule has 2 amide bonds. The van der Waals surface area contributed by atoms with E-state index < -0.39 is 0 Å². The van der Waals surface area contributed by atoms with Crippen LogP contribution in [-0.2, 0) is 19.5 Å². The van der Waals surface area contributed by atoms with E-state index in [-0.39, 0.29) is 6.03 Å². The predicted octanol–water partition coefficient (Wildman–Crippen LogP) is 2.70. The standard InChI is InChI=1S/C17H17N5O/c23-17(18-11-16-21-20-15-9-4-10-22(15)16)19-14-8-3-6-12-5-1-2-7-13(12)14/h1-3,5-8H,4,9-11H2,(H2,18,19,23). The van der Waals surface area contributed by atoms with Crippen molar-refractivity contribution in [2.75, 3.05) is 5.32 Å². The minimum Gasteiger partial charge on any atom is -0.331 e. The van der Waals surface area contributed by atoms with Crippen molar-refractivity contribution in [3.63, 3.8) is 0 Å². The Kier molecular flexibility index (Phi) is 3.42. The van der Waals surface area contributed by atoms with Gasteiger partial charge < -0.3 is 15.2 Å². The molecule has 0 bridgehead atoms. The van der Waals surface area contributed by atoms with E-state index in [4.69, 9.17) is 0 Å². The van der Waals surface area contributed by atoms with Crippen molar-refractivity contribution >= 4 is 22.5 Å². The number of fused-ring (bicyclic) bond motifs is 2. The molecule has 2 aromatic carbocycles. The molecular weight excluding hydrogens is 290 g/mol. The summed E-state index contributed by atoms with van der Waals surface area (Å²) in [6.07, 6.45) is 2.06. The van der Waals surface area contributed by atoms with E-state index in [9.17, 15) is 4.79 Å². The Morgan fingerprint density at radius 2 is 2.00 bits per heavy atom. The summed E-state index contributed by atoms with van der Waals surface area (Å²) in [6, 6.07) is 13.6. The van der Waals surface area contributed by atoms with Crippen LogP contribution >= 0.6 is 0 Å². The molecular formula is C17H17N5O. The molecule has 0 fully saturated rings. The lowest BCUT2D eigenvalue weighted by Gasteiger charge is -2.10. The Balaban J connectivity index is 1.45. The molecule has 2 heterocycles. The minimum atomic E-state index is -0.239. The summed E-state index contributed by atoms with van der Waals surface area (Å²) in [5, 5.41) is 16.2. The first-order valence-corrected chi connectivity index (χ1v) is 7.75. The molecule has 6 nitrogen and oxygen atoms in total. The summed E-state index contributed by atoms with van der Waals surface area (Å²) < 4.78 is 2.08. The summed E-state index contributed by atoms with van der Waals surface area (Å²) in [5.41, 5.74) is 0.798. The maximum absolute atomic E-state index is 12.2. The third-order valence-corrected chi connectivity index (χ3v) is 4.13. The van der Waals surface area contributed by atoms with Crippen LogP contribution in [0.25, 0.3) is 10.8 Å². The third-order valence-electron chi connectivity index (χ3n) is 4.13. The number of amides is 2. The zero-order chi connectivity index (χ0) is 15.6. The predicted molar refractivity (Wildman–Crippen MR) is 88.1 cm³/mol. The van der Waals surface area contributed by atoms with Gasteiger partial charge in [0.1, 0.15) is 5.82 Å². The number of aryl methyl sites for hydroxylation is 1.